The second-order valence-corrected chi connectivity index (χ2v) is 10.4. The third-order valence-electron chi connectivity index (χ3n) is 7.52. The van der Waals surface area contributed by atoms with E-state index in [1.807, 2.05) is 15.9 Å². The van der Waals surface area contributed by atoms with Gasteiger partial charge in [-0.15, -0.1) is 10.2 Å². The van der Waals surface area contributed by atoms with Crippen LogP contribution in [-0.2, 0) is 0 Å². The first-order valence-corrected chi connectivity index (χ1v) is 12.3. The SMILES string of the molecule is CCC12CNc3nnc(-c4cccc(Cl)c4O)cc3N1CCN(C(=O)N1CCNCC1(C)C)C2. The fourth-order valence-corrected chi connectivity index (χ4v) is 5.59. The molecule has 2 amide bonds. The lowest BCUT2D eigenvalue weighted by molar-refractivity contribution is 0.0717. The monoisotopic (exact) mass is 485 g/mol. The van der Waals surface area contributed by atoms with E-state index in [1.165, 1.54) is 0 Å². The summed E-state index contributed by atoms with van der Waals surface area (Å²) in [5.74, 6) is 0.718. The average molecular weight is 486 g/mol. The molecule has 3 N–H and O–H groups in total. The van der Waals surface area contributed by atoms with Gasteiger partial charge in [-0.05, 0) is 38.5 Å². The Morgan fingerprint density at radius 3 is 2.79 bits per heavy atom. The van der Waals surface area contributed by atoms with Crippen molar-refractivity contribution in [3.8, 4) is 17.0 Å². The van der Waals surface area contributed by atoms with Gasteiger partial charge < -0.3 is 30.4 Å². The predicted molar refractivity (Wildman–Crippen MR) is 134 cm³/mol. The molecule has 0 saturated carbocycles. The van der Waals surface area contributed by atoms with Gasteiger partial charge in [-0.2, -0.15) is 0 Å². The molecule has 1 aromatic carbocycles. The minimum Gasteiger partial charge on any atom is -0.506 e. The molecule has 0 spiro atoms. The van der Waals surface area contributed by atoms with Crippen LogP contribution in [0.2, 0.25) is 5.02 Å². The van der Waals surface area contributed by atoms with E-state index in [0.29, 0.717) is 44.0 Å². The number of amides is 2. The maximum absolute atomic E-state index is 13.6. The van der Waals surface area contributed by atoms with Gasteiger partial charge in [0.05, 0.1) is 27.5 Å². The Hall–Kier alpha value is -2.78. The summed E-state index contributed by atoms with van der Waals surface area (Å²) >= 11 is 6.13. The van der Waals surface area contributed by atoms with E-state index < -0.39 is 0 Å². The Balaban J connectivity index is 1.45. The summed E-state index contributed by atoms with van der Waals surface area (Å²) in [6.45, 7) is 11.4. The first-order valence-electron chi connectivity index (χ1n) is 11.9. The van der Waals surface area contributed by atoms with Gasteiger partial charge in [0.1, 0.15) is 5.75 Å². The predicted octanol–water partition coefficient (Wildman–Crippen LogP) is 3.00. The molecule has 3 aliphatic rings. The lowest BCUT2D eigenvalue weighted by Gasteiger charge is -2.55. The number of aromatic hydroxyl groups is 1. The minimum atomic E-state index is -0.254. The Labute approximate surface area is 205 Å². The number of phenolic OH excluding ortho intramolecular Hbond substituents is 1. The standard InChI is InChI=1S/C24H32ClN7O2/c1-4-24-14-27-21-19(12-18(28-29-21)16-6-5-7-17(25)20(16)33)31(24)11-10-30(15-24)22(34)32-9-8-26-13-23(32,2)3/h5-7,12,26,33H,4,8-11,13-15H2,1-3H3,(H,27,29). The molecule has 4 heterocycles. The highest BCUT2D eigenvalue weighted by molar-refractivity contribution is 6.32. The number of anilines is 2. The number of benzene rings is 1. The number of hydrogen-bond donors (Lipinski definition) is 3. The van der Waals surface area contributed by atoms with E-state index in [-0.39, 0.29) is 27.9 Å². The zero-order valence-corrected chi connectivity index (χ0v) is 20.7. The van der Waals surface area contributed by atoms with Crippen LogP contribution in [0.5, 0.6) is 5.75 Å². The number of nitrogens with zero attached hydrogens (tertiary/aromatic N) is 5. The van der Waals surface area contributed by atoms with E-state index in [9.17, 15) is 9.90 Å². The van der Waals surface area contributed by atoms with Crippen LogP contribution in [0.1, 0.15) is 27.2 Å². The molecule has 2 aromatic rings. The number of fused-ring (bicyclic) bond motifs is 3. The number of carbonyl (C=O) groups is 1. The summed E-state index contributed by atoms with van der Waals surface area (Å²) in [6.07, 6.45) is 0.869. The summed E-state index contributed by atoms with van der Waals surface area (Å²) in [5, 5.41) is 26.3. The van der Waals surface area contributed by atoms with Crippen LogP contribution in [0, 0.1) is 0 Å². The number of phenols is 1. The topological polar surface area (TPSA) is 96.9 Å². The van der Waals surface area contributed by atoms with Crippen LogP contribution in [0.3, 0.4) is 0 Å². The third-order valence-corrected chi connectivity index (χ3v) is 7.83. The van der Waals surface area contributed by atoms with Gasteiger partial charge in [-0.3, -0.25) is 0 Å². The maximum atomic E-state index is 13.6. The highest BCUT2D eigenvalue weighted by atomic mass is 35.5. The highest BCUT2D eigenvalue weighted by Gasteiger charge is 2.47. The number of aromatic nitrogens is 2. The summed E-state index contributed by atoms with van der Waals surface area (Å²) in [6, 6.07) is 7.29. The zero-order valence-electron chi connectivity index (χ0n) is 19.9. The van der Waals surface area contributed by atoms with Crippen LogP contribution >= 0.6 is 11.6 Å². The van der Waals surface area contributed by atoms with E-state index in [1.54, 1.807) is 18.2 Å². The highest BCUT2D eigenvalue weighted by Crippen LogP contribution is 2.42. The second kappa shape index (κ2) is 8.46. The smallest absolute Gasteiger partial charge is 0.320 e. The van der Waals surface area contributed by atoms with Crippen molar-refractivity contribution in [2.45, 2.75) is 38.3 Å². The molecule has 9 nitrogen and oxygen atoms in total. The third kappa shape index (κ3) is 3.71. The molecule has 10 heteroatoms. The van der Waals surface area contributed by atoms with Crippen LogP contribution in [0.4, 0.5) is 16.3 Å². The molecule has 0 radical (unpaired) electrons. The van der Waals surface area contributed by atoms with Crippen molar-refractivity contribution in [3.63, 3.8) is 0 Å². The molecule has 3 aliphatic heterocycles. The number of hydrogen-bond acceptors (Lipinski definition) is 7. The fraction of sp³-hybridized carbons (Fsp3) is 0.542. The Morgan fingerprint density at radius 1 is 1.21 bits per heavy atom. The molecular formula is C24H32ClN7O2. The van der Waals surface area contributed by atoms with Gasteiger partial charge in [-0.25, -0.2) is 4.79 Å². The summed E-state index contributed by atoms with van der Waals surface area (Å²) < 4.78 is 0. The van der Waals surface area contributed by atoms with E-state index >= 15 is 0 Å². The molecule has 5 rings (SSSR count). The van der Waals surface area contributed by atoms with E-state index in [0.717, 1.165) is 31.0 Å². The number of halogens is 1. The number of piperazine rings is 2. The lowest BCUT2D eigenvalue weighted by Crippen LogP contribution is -2.70. The number of urea groups is 1. The molecule has 1 unspecified atom stereocenters. The fourth-order valence-electron chi connectivity index (χ4n) is 5.42. The van der Waals surface area contributed by atoms with Gasteiger partial charge in [0, 0.05) is 51.4 Å². The first-order chi connectivity index (χ1) is 16.3. The van der Waals surface area contributed by atoms with Gasteiger partial charge in [0.15, 0.2) is 5.82 Å². The van der Waals surface area contributed by atoms with Crippen molar-refractivity contribution in [3.05, 3.63) is 29.3 Å². The van der Waals surface area contributed by atoms with E-state index in [2.05, 4.69) is 46.5 Å². The second-order valence-electron chi connectivity index (χ2n) is 10.0. The minimum absolute atomic E-state index is 0.00186. The number of rotatable bonds is 2. The number of carbonyl (C=O) groups excluding carboxylic acids is 1. The maximum Gasteiger partial charge on any atom is 0.320 e. The van der Waals surface area contributed by atoms with Crippen molar-refractivity contribution in [2.75, 3.05) is 56.0 Å². The first kappa shape index (κ1) is 23.0. The summed E-state index contributed by atoms with van der Waals surface area (Å²) in [7, 11) is 0. The molecule has 0 aliphatic carbocycles. The molecule has 2 saturated heterocycles. The molecule has 1 aromatic heterocycles. The van der Waals surface area contributed by atoms with Crippen LogP contribution in [-0.4, -0.2) is 88.0 Å². The molecule has 1 atom stereocenters. The summed E-state index contributed by atoms with van der Waals surface area (Å²) in [5.41, 5.74) is 1.58. The van der Waals surface area contributed by atoms with Crippen LogP contribution in [0.25, 0.3) is 11.3 Å². The van der Waals surface area contributed by atoms with Crippen molar-refractivity contribution >= 4 is 29.1 Å². The Bertz CT molecular complexity index is 1110. The van der Waals surface area contributed by atoms with Crippen LogP contribution in [0.15, 0.2) is 24.3 Å². The van der Waals surface area contributed by atoms with Crippen molar-refractivity contribution < 1.29 is 9.90 Å². The Morgan fingerprint density at radius 2 is 2.03 bits per heavy atom. The number of para-hydroxylation sites is 1. The average Bonchev–Trinajstić information content (AvgIpc) is 2.84. The van der Waals surface area contributed by atoms with Crippen molar-refractivity contribution in [1.82, 2.24) is 25.3 Å². The molecule has 0 bridgehead atoms. The zero-order chi connectivity index (χ0) is 24.1. The van der Waals surface area contributed by atoms with Gasteiger partial charge in [0.2, 0.25) is 0 Å². The quantitative estimate of drug-likeness (QED) is 0.601. The van der Waals surface area contributed by atoms with Crippen molar-refractivity contribution in [1.29, 1.82) is 0 Å². The van der Waals surface area contributed by atoms with Crippen LogP contribution < -0.4 is 15.5 Å². The lowest BCUT2D eigenvalue weighted by atomic mass is 9.87. The Kier molecular flexibility index (Phi) is 5.72. The normalized spacial score (nSPS) is 23.7. The molecule has 182 valence electrons. The van der Waals surface area contributed by atoms with E-state index in [4.69, 9.17) is 11.6 Å². The molecule has 34 heavy (non-hydrogen) atoms. The summed E-state index contributed by atoms with van der Waals surface area (Å²) in [4.78, 5) is 20.0. The number of nitrogens with one attached hydrogen (secondary N) is 2. The molecule has 2 fully saturated rings. The largest absolute Gasteiger partial charge is 0.506 e. The van der Waals surface area contributed by atoms with Gasteiger partial charge in [0.25, 0.3) is 0 Å². The van der Waals surface area contributed by atoms with Crippen molar-refractivity contribution in [2.24, 2.45) is 0 Å². The van der Waals surface area contributed by atoms with Gasteiger partial charge >= 0.3 is 6.03 Å². The molecular weight excluding hydrogens is 454 g/mol. The van der Waals surface area contributed by atoms with Gasteiger partial charge in [-0.1, -0.05) is 24.6 Å².